The molecule has 19 heavy (non-hydrogen) atoms. The largest absolute Gasteiger partial charge is 0.342 e. The van der Waals surface area contributed by atoms with E-state index in [1.807, 2.05) is 0 Å². The van der Waals surface area contributed by atoms with E-state index in [4.69, 9.17) is 0 Å². The molecule has 0 N–H and O–H groups in total. The van der Waals surface area contributed by atoms with E-state index in [0.717, 1.165) is 25.6 Å². The standard InChI is InChI=1S/C12H17N3O3S/c1-9(16)15-5-3-4-10(7-15)12-11(19(2,17)18)6-13-8-14-12/h6,8,10H,3-5,7H2,1-2H3. The van der Waals surface area contributed by atoms with Crippen molar-refractivity contribution in [2.45, 2.75) is 30.6 Å². The molecule has 1 aliphatic heterocycles. The average Bonchev–Trinajstić information content (AvgIpc) is 2.38. The number of sulfone groups is 1. The van der Waals surface area contributed by atoms with Crippen molar-refractivity contribution in [2.75, 3.05) is 19.3 Å². The number of piperidine rings is 1. The first-order chi connectivity index (χ1) is 8.89. The van der Waals surface area contributed by atoms with E-state index in [2.05, 4.69) is 9.97 Å². The van der Waals surface area contributed by atoms with Crippen LogP contribution in [-0.4, -0.2) is 48.5 Å². The van der Waals surface area contributed by atoms with Gasteiger partial charge >= 0.3 is 0 Å². The highest BCUT2D eigenvalue weighted by molar-refractivity contribution is 7.90. The van der Waals surface area contributed by atoms with Crippen LogP contribution in [0.5, 0.6) is 0 Å². The van der Waals surface area contributed by atoms with Crippen LogP contribution >= 0.6 is 0 Å². The van der Waals surface area contributed by atoms with Gasteiger partial charge in [-0.3, -0.25) is 4.79 Å². The molecule has 0 aromatic carbocycles. The van der Waals surface area contributed by atoms with Crippen LogP contribution in [0.25, 0.3) is 0 Å². The fraction of sp³-hybridized carbons (Fsp3) is 0.583. The van der Waals surface area contributed by atoms with Crippen LogP contribution in [0.15, 0.2) is 17.4 Å². The van der Waals surface area contributed by atoms with Gasteiger partial charge in [-0.25, -0.2) is 18.4 Å². The summed E-state index contributed by atoms with van der Waals surface area (Å²) >= 11 is 0. The molecule has 2 rings (SSSR count). The molecule has 1 fully saturated rings. The molecule has 0 saturated carbocycles. The van der Waals surface area contributed by atoms with E-state index in [1.165, 1.54) is 19.4 Å². The highest BCUT2D eigenvalue weighted by atomic mass is 32.2. The Balaban J connectivity index is 2.34. The first-order valence-electron chi connectivity index (χ1n) is 6.15. The van der Waals surface area contributed by atoms with Crippen molar-refractivity contribution in [3.63, 3.8) is 0 Å². The summed E-state index contributed by atoms with van der Waals surface area (Å²) < 4.78 is 23.5. The highest BCUT2D eigenvalue weighted by Gasteiger charge is 2.28. The van der Waals surface area contributed by atoms with Crippen molar-refractivity contribution in [2.24, 2.45) is 0 Å². The predicted molar refractivity (Wildman–Crippen MR) is 69.4 cm³/mol. The first kappa shape index (κ1) is 13.9. The zero-order valence-corrected chi connectivity index (χ0v) is 11.9. The lowest BCUT2D eigenvalue weighted by Crippen LogP contribution is -2.38. The molecular formula is C12H17N3O3S. The van der Waals surface area contributed by atoms with Gasteiger partial charge in [0.15, 0.2) is 9.84 Å². The maximum Gasteiger partial charge on any atom is 0.219 e. The van der Waals surface area contributed by atoms with E-state index in [9.17, 15) is 13.2 Å². The fourth-order valence-corrected chi connectivity index (χ4v) is 3.26. The van der Waals surface area contributed by atoms with Crippen LogP contribution in [0.2, 0.25) is 0 Å². The summed E-state index contributed by atoms with van der Waals surface area (Å²) in [5, 5.41) is 0. The molecule has 0 radical (unpaired) electrons. The molecule has 2 heterocycles. The second-order valence-electron chi connectivity index (χ2n) is 4.85. The van der Waals surface area contributed by atoms with Gasteiger partial charge in [0.1, 0.15) is 11.2 Å². The second kappa shape index (κ2) is 5.24. The Morgan fingerprint density at radius 3 is 2.84 bits per heavy atom. The third kappa shape index (κ3) is 3.09. The fourth-order valence-electron chi connectivity index (χ4n) is 2.40. The van der Waals surface area contributed by atoms with Gasteiger partial charge in [-0.1, -0.05) is 0 Å². The summed E-state index contributed by atoms with van der Waals surface area (Å²) in [6, 6.07) is 0. The third-order valence-corrected chi connectivity index (χ3v) is 4.47. The van der Waals surface area contributed by atoms with Crippen LogP contribution in [-0.2, 0) is 14.6 Å². The number of likely N-dealkylation sites (tertiary alicyclic amines) is 1. The molecule has 0 spiro atoms. The smallest absolute Gasteiger partial charge is 0.219 e. The van der Waals surface area contributed by atoms with Gasteiger partial charge in [-0.05, 0) is 12.8 Å². The van der Waals surface area contributed by atoms with Crippen LogP contribution in [0.3, 0.4) is 0 Å². The number of rotatable bonds is 2. The maximum atomic E-state index is 11.8. The Labute approximate surface area is 112 Å². The van der Waals surface area contributed by atoms with Crippen molar-refractivity contribution >= 4 is 15.7 Å². The maximum absolute atomic E-state index is 11.8. The average molecular weight is 283 g/mol. The van der Waals surface area contributed by atoms with Gasteiger partial charge in [0.25, 0.3) is 0 Å². The zero-order chi connectivity index (χ0) is 14.0. The van der Waals surface area contributed by atoms with Crippen molar-refractivity contribution in [1.29, 1.82) is 0 Å². The van der Waals surface area contributed by atoms with Crippen LogP contribution < -0.4 is 0 Å². The minimum atomic E-state index is -3.35. The summed E-state index contributed by atoms with van der Waals surface area (Å²) in [6.07, 6.45) is 5.54. The molecule has 0 bridgehead atoms. The van der Waals surface area contributed by atoms with Gasteiger partial charge in [-0.15, -0.1) is 0 Å². The number of aromatic nitrogens is 2. The van der Waals surface area contributed by atoms with E-state index < -0.39 is 9.84 Å². The Bertz CT molecular complexity index is 586. The number of hydrogen-bond donors (Lipinski definition) is 0. The third-order valence-electron chi connectivity index (χ3n) is 3.36. The lowest BCUT2D eigenvalue weighted by Gasteiger charge is -2.32. The number of carbonyl (C=O) groups is 1. The lowest BCUT2D eigenvalue weighted by atomic mass is 9.94. The predicted octanol–water partition coefficient (Wildman–Crippen LogP) is 0.606. The topological polar surface area (TPSA) is 80.2 Å². The van der Waals surface area contributed by atoms with Crippen LogP contribution in [0.1, 0.15) is 31.4 Å². The van der Waals surface area contributed by atoms with Gasteiger partial charge in [0.05, 0.1) is 5.69 Å². The number of hydrogen-bond acceptors (Lipinski definition) is 5. The Hall–Kier alpha value is -1.50. The van der Waals surface area contributed by atoms with E-state index in [1.54, 1.807) is 4.90 Å². The molecule has 1 unspecified atom stereocenters. The van der Waals surface area contributed by atoms with Gasteiger partial charge in [0, 0.05) is 38.4 Å². The molecule has 1 saturated heterocycles. The summed E-state index contributed by atoms with van der Waals surface area (Å²) in [4.78, 5) is 21.3. The summed E-state index contributed by atoms with van der Waals surface area (Å²) in [6.45, 7) is 2.78. The van der Waals surface area contributed by atoms with Crippen molar-refractivity contribution in [3.8, 4) is 0 Å². The van der Waals surface area contributed by atoms with Crippen LogP contribution in [0, 0.1) is 0 Å². The SMILES string of the molecule is CC(=O)N1CCCC(c2ncncc2S(C)(=O)=O)C1. The molecule has 7 heteroatoms. The van der Waals surface area contributed by atoms with Gasteiger partial charge in [-0.2, -0.15) is 0 Å². The molecule has 1 aromatic rings. The molecule has 1 aliphatic rings. The highest BCUT2D eigenvalue weighted by Crippen LogP contribution is 2.29. The van der Waals surface area contributed by atoms with E-state index in [-0.39, 0.29) is 16.7 Å². The molecule has 104 valence electrons. The number of amides is 1. The molecule has 6 nitrogen and oxygen atoms in total. The zero-order valence-electron chi connectivity index (χ0n) is 11.0. The van der Waals surface area contributed by atoms with Crippen molar-refractivity contribution in [1.82, 2.24) is 14.9 Å². The molecular weight excluding hydrogens is 266 g/mol. The molecule has 1 amide bonds. The Morgan fingerprint density at radius 2 is 2.21 bits per heavy atom. The summed E-state index contributed by atoms with van der Waals surface area (Å²) in [5.41, 5.74) is 0.531. The molecule has 1 atom stereocenters. The van der Waals surface area contributed by atoms with E-state index >= 15 is 0 Å². The number of carbonyl (C=O) groups excluding carboxylic acids is 1. The Kier molecular flexibility index (Phi) is 3.84. The van der Waals surface area contributed by atoms with Crippen molar-refractivity contribution in [3.05, 3.63) is 18.2 Å². The first-order valence-corrected chi connectivity index (χ1v) is 8.04. The Morgan fingerprint density at radius 1 is 1.47 bits per heavy atom. The van der Waals surface area contributed by atoms with E-state index in [0.29, 0.717) is 12.2 Å². The van der Waals surface area contributed by atoms with Gasteiger partial charge < -0.3 is 4.90 Å². The quantitative estimate of drug-likeness (QED) is 0.794. The minimum Gasteiger partial charge on any atom is -0.342 e. The summed E-state index contributed by atoms with van der Waals surface area (Å²) in [7, 11) is -3.35. The number of nitrogens with zero attached hydrogens (tertiary/aromatic N) is 3. The molecule has 0 aliphatic carbocycles. The van der Waals surface area contributed by atoms with Crippen molar-refractivity contribution < 1.29 is 13.2 Å². The minimum absolute atomic E-state index is 0.0136. The second-order valence-corrected chi connectivity index (χ2v) is 6.83. The molecule has 1 aromatic heterocycles. The van der Waals surface area contributed by atoms with Gasteiger partial charge in [0.2, 0.25) is 5.91 Å². The van der Waals surface area contributed by atoms with Crippen LogP contribution in [0.4, 0.5) is 0 Å². The normalized spacial score (nSPS) is 20.3. The monoisotopic (exact) mass is 283 g/mol. The summed E-state index contributed by atoms with van der Waals surface area (Å²) in [5.74, 6) is -0.0231. The lowest BCUT2D eigenvalue weighted by molar-refractivity contribution is -0.130.